The van der Waals surface area contributed by atoms with E-state index < -0.39 is 17.2 Å². The first-order valence-electron chi connectivity index (χ1n) is 10.7. The number of carbonyl (C=O) groups is 1. The van der Waals surface area contributed by atoms with Crippen LogP contribution in [0.15, 0.2) is 46.1 Å². The lowest BCUT2D eigenvalue weighted by atomic mass is 9.87. The van der Waals surface area contributed by atoms with Gasteiger partial charge in [-0.05, 0) is 61.9 Å². The Morgan fingerprint density at radius 2 is 1.82 bits per heavy atom. The van der Waals surface area contributed by atoms with E-state index in [1.54, 1.807) is 0 Å². The van der Waals surface area contributed by atoms with E-state index in [-0.39, 0.29) is 44.6 Å². The minimum atomic E-state index is -0.755. The normalized spacial score (nSPS) is 17.9. The van der Waals surface area contributed by atoms with Crippen LogP contribution in [-0.4, -0.2) is 31.8 Å². The molecule has 2 aromatic carbocycles. The highest BCUT2D eigenvalue weighted by Crippen LogP contribution is 2.39. The van der Waals surface area contributed by atoms with E-state index in [1.165, 1.54) is 30.3 Å². The lowest BCUT2D eigenvalue weighted by Gasteiger charge is -2.27. The van der Waals surface area contributed by atoms with Crippen molar-refractivity contribution in [1.29, 1.82) is 0 Å². The van der Waals surface area contributed by atoms with Crippen LogP contribution >= 0.6 is 23.2 Å². The van der Waals surface area contributed by atoms with Gasteiger partial charge in [0.25, 0.3) is 11.5 Å². The van der Waals surface area contributed by atoms with Crippen molar-refractivity contribution >= 4 is 29.1 Å². The van der Waals surface area contributed by atoms with E-state index in [2.05, 4.69) is 22.3 Å². The molecule has 0 saturated heterocycles. The van der Waals surface area contributed by atoms with Gasteiger partial charge in [0.2, 0.25) is 0 Å². The Morgan fingerprint density at radius 1 is 1.15 bits per heavy atom. The molecule has 3 aromatic rings. The van der Waals surface area contributed by atoms with Crippen LogP contribution < -0.4 is 21.3 Å². The highest BCUT2D eigenvalue weighted by molar-refractivity contribution is 6.37. The molecule has 1 fully saturated rings. The predicted molar refractivity (Wildman–Crippen MR) is 128 cm³/mol. The third-order valence-corrected chi connectivity index (χ3v) is 6.29. The number of rotatable bonds is 5. The quantitative estimate of drug-likeness (QED) is 0.481. The SMILES string of the molecule is CC1CCC(NC(=O)c2cc(Oc3c(Cl)cc(-n4ncc(=O)[nH]c4=O)cc3Cl)ccc2O)CC1. The number of amides is 1. The maximum absolute atomic E-state index is 12.8. The molecule has 9 nitrogen and oxygen atoms in total. The third kappa shape index (κ3) is 5.26. The Balaban J connectivity index is 1.56. The number of phenols is 1. The second-order valence-corrected chi connectivity index (χ2v) is 9.11. The maximum Gasteiger partial charge on any atom is 0.349 e. The topological polar surface area (TPSA) is 126 Å². The molecule has 0 spiro atoms. The molecule has 178 valence electrons. The predicted octanol–water partition coefficient (Wildman–Crippen LogP) is 4.03. The lowest BCUT2D eigenvalue weighted by Crippen LogP contribution is -2.37. The molecule has 4 rings (SSSR count). The monoisotopic (exact) mass is 504 g/mol. The van der Waals surface area contributed by atoms with E-state index in [0.717, 1.165) is 36.6 Å². The standard InChI is InChI=1S/C23H22Cl2N4O5/c1-12-2-4-13(5-3-12)27-22(32)16-10-15(6-7-19(16)30)34-21-17(24)8-14(9-18(21)25)29-23(33)28-20(31)11-26-29/h6-13,30H,2-5H2,1H3,(H,27,32)(H,28,31,33). The molecule has 11 heteroatoms. The molecule has 0 atom stereocenters. The van der Waals surface area contributed by atoms with Crippen molar-refractivity contribution < 1.29 is 14.6 Å². The molecule has 1 aromatic heterocycles. The van der Waals surface area contributed by atoms with Crippen LogP contribution in [0.25, 0.3) is 5.69 Å². The second-order valence-electron chi connectivity index (χ2n) is 8.30. The van der Waals surface area contributed by atoms with Crippen LogP contribution in [-0.2, 0) is 0 Å². The Hall–Kier alpha value is -3.30. The Bertz CT molecular complexity index is 1320. The zero-order valence-corrected chi connectivity index (χ0v) is 19.7. The first kappa shape index (κ1) is 23.8. The summed E-state index contributed by atoms with van der Waals surface area (Å²) >= 11 is 12.7. The van der Waals surface area contributed by atoms with E-state index in [1.807, 2.05) is 0 Å². The molecule has 1 heterocycles. The molecule has 1 aliphatic rings. The first-order valence-corrected chi connectivity index (χ1v) is 11.5. The van der Waals surface area contributed by atoms with Gasteiger partial charge in [0, 0.05) is 6.04 Å². The summed E-state index contributed by atoms with van der Waals surface area (Å²) in [7, 11) is 0. The van der Waals surface area contributed by atoms with Gasteiger partial charge in [-0.15, -0.1) is 0 Å². The fourth-order valence-electron chi connectivity index (χ4n) is 3.85. The third-order valence-electron chi connectivity index (χ3n) is 5.72. The smallest absolute Gasteiger partial charge is 0.349 e. The number of hydrogen-bond donors (Lipinski definition) is 3. The summed E-state index contributed by atoms with van der Waals surface area (Å²) < 4.78 is 6.74. The number of benzene rings is 2. The summed E-state index contributed by atoms with van der Waals surface area (Å²) in [6.45, 7) is 2.20. The van der Waals surface area contributed by atoms with Crippen molar-refractivity contribution in [2.24, 2.45) is 5.92 Å². The van der Waals surface area contributed by atoms with Crippen LogP contribution in [0.3, 0.4) is 0 Å². The van der Waals surface area contributed by atoms with Crippen LogP contribution in [0.2, 0.25) is 10.0 Å². The number of H-pyrrole nitrogens is 1. The van der Waals surface area contributed by atoms with Gasteiger partial charge in [0.05, 0.1) is 21.3 Å². The summed E-state index contributed by atoms with van der Waals surface area (Å²) in [6.07, 6.45) is 4.84. The number of nitrogens with zero attached hydrogens (tertiary/aromatic N) is 2. The van der Waals surface area contributed by atoms with Gasteiger partial charge < -0.3 is 15.2 Å². The number of aromatic amines is 1. The minimum Gasteiger partial charge on any atom is -0.507 e. The van der Waals surface area contributed by atoms with Gasteiger partial charge >= 0.3 is 5.69 Å². The fraction of sp³-hybridized carbons (Fsp3) is 0.304. The van der Waals surface area contributed by atoms with Crippen molar-refractivity contribution in [2.45, 2.75) is 38.6 Å². The average molecular weight is 505 g/mol. The summed E-state index contributed by atoms with van der Waals surface area (Å²) in [5, 5.41) is 17.1. The van der Waals surface area contributed by atoms with E-state index in [0.29, 0.717) is 5.92 Å². The molecule has 3 N–H and O–H groups in total. The highest BCUT2D eigenvalue weighted by Gasteiger charge is 2.22. The van der Waals surface area contributed by atoms with Crippen LogP contribution in [0.4, 0.5) is 0 Å². The number of phenolic OH excluding ortho intramolecular Hbond substituents is 1. The number of aromatic nitrogens is 3. The van der Waals surface area contributed by atoms with Gasteiger partial charge in [0.15, 0.2) is 5.75 Å². The molecule has 34 heavy (non-hydrogen) atoms. The van der Waals surface area contributed by atoms with E-state index in [9.17, 15) is 19.5 Å². The summed E-state index contributed by atoms with van der Waals surface area (Å²) in [5.41, 5.74) is -1.10. The molecular weight excluding hydrogens is 483 g/mol. The lowest BCUT2D eigenvalue weighted by molar-refractivity contribution is 0.0920. The molecule has 1 aliphatic carbocycles. The Labute approximate surface area is 204 Å². The van der Waals surface area contributed by atoms with Crippen molar-refractivity contribution in [3.8, 4) is 22.9 Å². The summed E-state index contributed by atoms with van der Waals surface area (Å²) in [5.74, 6) is 0.403. The molecule has 1 saturated carbocycles. The Morgan fingerprint density at radius 3 is 2.47 bits per heavy atom. The highest BCUT2D eigenvalue weighted by atomic mass is 35.5. The minimum absolute atomic E-state index is 0.0639. The van der Waals surface area contributed by atoms with Crippen LogP contribution in [0.1, 0.15) is 43.0 Å². The Kier molecular flexibility index (Phi) is 6.95. The number of carbonyl (C=O) groups excluding carboxylic acids is 1. The van der Waals surface area contributed by atoms with Crippen molar-refractivity contribution in [2.75, 3.05) is 0 Å². The second kappa shape index (κ2) is 9.90. The molecule has 0 bridgehead atoms. The number of hydrogen-bond acceptors (Lipinski definition) is 6. The van der Waals surface area contributed by atoms with Crippen LogP contribution in [0, 0.1) is 5.92 Å². The fourth-order valence-corrected chi connectivity index (χ4v) is 4.40. The van der Waals surface area contributed by atoms with Crippen molar-refractivity contribution in [3.05, 3.63) is 73.0 Å². The van der Waals surface area contributed by atoms with Gasteiger partial charge in [-0.25, -0.2) is 4.79 Å². The van der Waals surface area contributed by atoms with Gasteiger partial charge in [-0.1, -0.05) is 30.1 Å². The van der Waals surface area contributed by atoms with Gasteiger partial charge in [-0.3, -0.25) is 14.6 Å². The molecule has 1 amide bonds. The average Bonchev–Trinajstić information content (AvgIpc) is 2.78. The maximum atomic E-state index is 12.8. The zero-order chi connectivity index (χ0) is 24.4. The summed E-state index contributed by atoms with van der Waals surface area (Å²) in [6, 6.07) is 7.09. The van der Waals surface area contributed by atoms with Gasteiger partial charge in [0.1, 0.15) is 17.7 Å². The van der Waals surface area contributed by atoms with Crippen molar-refractivity contribution in [1.82, 2.24) is 20.1 Å². The molecule has 0 aliphatic heterocycles. The number of ether oxygens (including phenoxy) is 1. The largest absolute Gasteiger partial charge is 0.507 e. The number of nitrogens with one attached hydrogen (secondary N) is 2. The molecular formula is C23H22Cl2N4O5. The first-order chi connectivity index (χ1) is 16.2. The van der Waals surface area contributed by atoms with Crippen LogP contribution in [0.5, 0.6) is 17.2 Å². The van der Waals surface area contributed by atoms with Gasteiger partial charge in [-0.2, -0.15) is 9.78 Å². The van der Waals surface area contributed by atoms with Crippen molar-refractivity contribution in [3.63, 3.8) is 0 Å². The number of aromatic hydroxyl groups is 1. The molecule has 0 unspecified atom stereocenters. The molecule has 0 radical (unpaired) electrons. The van der Waals surface area contributed by atoms with E-state index >= 15 is 0 Å². The number of halogens is 2. The summed E-state index contributed by atoms with van der Waals surface area (Å²) in [4.78, 5) is 38.1. The zero-order valence-electron chi connectivity index (χ0n) is 18.2. The van der Waals surface area contributed by atoms with E-state index in [4.69, 9.17) is 27.9 Å².